The SMILES string of the molecule is CC1CC(O)Nc2cccc(C(=O)Nc3cccc(C(F)(F)F)c3)c2N1. The number of carbonyl (C=O) groups excluding carboxylic acids is 1. The lowest BCUT2D eigenvalue weighted by Crippen LogP contribution is -2.23. The zero-order valence-corrected chi connectivity index (χ0v) is 13.9. The molecule has 26 heavy (non-hydrogen) atoms. The van der Waals surface area contributed by atoms with Gasteiger partial charge >= 0.3 is 6.18 Å². The van der Waals surface area contributed by atoms with Crippen LogP contribution < -0.4 is 16.0 Å². The van der Waals surface area contributed by atoms with Gasteiger partial charge in [0.05, 0.1) is 22.5 Å². The van der Waals surface area contributed by atoms with Gasteiger partial charge in [-0.1, -0.05) is 12.1 Å². The van der Waals surface area contributed by atoms with Gasteiger partial charge in [0.2, 0.25) is 0 Å². The number of alkyl halides is 3. The average Bonchev–Trinajstić information content (AvgIpc) is 2.70. The first-order valence-electron chi connectivity index (χ1n) is 8.07. The van der Waals surface area contributed by atoms with Crippen molar-refractivity contribution in [3.63, 3.8) is 0 Å². The van der Waals surface area contributed by atoms with Gasteiger partial charge < -0.3 is 21.1 Å². The maximum absolute atomic E-state index is 12.8. The van der Waals surface area contributed by atoms with E-state index < -0.39 is 23.9 Å². The van der Waals surface area contributed by atoms with Crippen LogP contribution in [0.5, 0.6) is 0 Å². The summed E-state index contributed by atoms with van der Waals surface area (Å²) in [7, 11) is 0. The molecule has 0 spiro atoms. The average molecular weight is 365 g/mol. The van der Waals surface area contributed by atoms with E-state index in [1.807, 2.05) is 6.92 Å². The van der Waals surface area contributed by atoms with Gasteiger partial charge in [-0.05, 0) is 37.3 Å². The monoisotopic (exact) mass is 365 g/mol. The molecule has 1 aliphatic rings. The number of hydrogen-bond acceptors (Lipinski definition) is 4. The summed E-state index contributed by atoms with van der Waals surface area (Å²) in [4.78, 5) is 12.6. The molecule has 0 saturated heterocycles. The Morgan fingerprint density at radius 2 is 1.92 bits per heavy atom. The number of carbonyl (C=O) groups is 1. The maximum atomic E-state index is 12.8. The fraction of sp³-hybridized carbons (Fsp3) is 0.278. The van der Waals surface area contributed by atoms with Crippen LogP contribution in [0.4, 0.5) is 30.2 Å². The fourth-order valence-corrected chi connectivity index (χ4v) is 2.87. The number of anilines is 3. The fourth-order valence-electron chi connectivity index (χ4n) is 2.87. The molecule has 1 heterocycles. The van der Waals surface area contributed by atoms with Crippen molar-refractivity contribution in [3.8, 4) is 0 Å². The minimum atomic E-state index is -4.48. The lowest BCUT2D eigenvalue weighted by molar-refractivity contribution is -0.137. The molecular formula is C18H18F3N3O2. The molecule has 138 valence electrons. The van der Waals surface area contributed by atoms with Gasteiger partial charge in [0.25, 0.3) is 5.91 Å². The van der Waals surface area contributed by atoms with Crippen LogP contribution >= 0.6 is 0 Å². The number of fused-ring (bicyclic) bond motifs is 1. The van der Waals surface area contributed by atoms with Crippen molar-refractivity contribution in [2.24, 2.45) is 0 Å². The summed E-state index contributed by atoms with van der Waals surface area (Å²) in [6, 6.07) is 9.29. The number of aliphatic hydroxyl groups excluding tert-OH is 1. The van der Waals surface area contributed by atoms with Crippen LogP contribution in [0.15, 0.2) is 42.5 Å². The van der Waals surface area contributed by atoms with Crippen molar-refractivity contribution >= 4 is 23.0 Å². The van der Waals surface area contributed by atoms with Crippen molar-refractivity contribution in [2.75, 3.05) is 16.0 Å². The van der Waals surface area contributed by atoms with E-state index in [0.717, 1.165) is 12.1 Å². The molecule has 0 aromatic heterocycles. The summed E-state index contributed by atoms with van der Waals surface area (Å²) in [5.74, 6) is -0.543. The Kier molecular flexibility index (Phi) is 4.78. The highest BCUT2D eigenvalue weighted by molar-refractivity contribution is 6.10. The predicted octanol–water partition coefficient (Wildman–Crippen LogP) is 3.89. The number of para-hydroxylation sites is 1. The minimum absolute atomic E-state index is 0.0529. The molecule has 4 N–H and O–H groups in total. The Bertz CT molecular complexity index is 824. The summed E-state index contributed by atoms with van der Waals surface area (Å²) in [6.07, 6.45) is -4.81. The number of hydrogen-bond donors (Lipinski definition) is 4. The van der Waals surface area contributed by atoms with Crippen molar-refractivity contribution in [1.82, 2.24) is 0 Å². The second-order valence-electron chi connectivity index (χ2n) is 6.20. The highest BCUT2D eigenvalue weighted by Crippen LogP contribution is 2.33. The number of aliphatic hydroxyl groups is 1. The lowest BCUT2D eigenvalue weighted by Gasteiger charge is -2.17. The second-order valence-corrected chi connectivity index (χ2v) is 6.20. The Morgan fingerprint density at radius 3 is 2.65 bits per heavy atom. The van der Waals surface area contributed by atoms with Crippen molar-refractivity contribution in [2.45, 2.75) is 31.8 Å². The maximum Gasteiger partial charge on any atom is 0.416 e. The first kappa shape index (κ1) is 18.1. The van der Waals surface area contributed by atoms with Gasteiger partial charge in [0.1, 0.15) is 6.23 Å². The third-order valence-electron chi connectivity index (χ3n) is 4.05. The van der Waals surface area contributed by atoms with E-state index >= 15 is 0 Å². The van der Waals surface area contributed by atoms with Gasteiger partial charge in [-0.2, -0.15) is 13.2 Å². The number of amides is 1. The first-order chi connectivity index (χ1) is 12.2. The second kappa shape index (κ2) is 6.87. The molecule has 1 aliphatic heterocycles. The highest BCUT2D eigenvalue weighted by atomic mass is 19.4. The Hall–Kier alpha value is -2.74. The van der Waals surface area contributed by atoms with Crippen LogP contribution in [0.3, 0.4) is 0 Å². The van der Waals surface area contributed by atoms with E-state index in [1.165, 1.54) is 12.1 Å². The molecule has 0 saturated carbocycles. The third kappa shape index (κ3) is 3.91. The summed E-state index contributed by atoms with van der Waals surface area (Å²) < 4.78 is 38.5. The summed E-state index contributed by atoms with van der Waals surface area (Å²) in [5, 5.41) is 18.5. The predicted molar refractivity (Wildman–Crippen MR) is 93.2 cm³/mol. The Morgan fingerprint density at radius 1 is 1.19 bits per heavy atom. The smallest absolute Gasteiger partial charge is 0.380 e. The van der Waals surface area contributed by atoms with Crippen molar-refractivity contribution in [3.05, 3.63) is 53.6 Å². The van der Waals surface area contributed by atoms with Gasteiger partial charge in [0.15, 0.2) is 0 Å². The lowest BCUT2D eigenvalue weighted by atomic mass is 10.1. The number of rotatable bonds is 2. The molecule has 0 bridgehead atoms. The molecule has 1 amide bonds. The molecule has 2 unspecified atom stereocenters. The topological polar surface area (TPSA) is 73.4 Å². The van der Waals surface area contributed by atoms with E-state index in [9.17, 15) is 23.1 Å². The molecule has 2 atom stereocenters. The van der Waals surface area contributed by atoms with E-state index in [1.54, 1.807) is 18.2 Å². The largest absolute Gasteiger partial charge is 0.416 e. The molecule has 2 aromatic carbocycles. The molecule has 3 rings (SSSR count). The number of benzene rings is 2. The first-order valence-corrected chi connectivity index (χ1v) is 8.07. The molecule has 5 nitrogen and oxygen atoms in total. The summed E-state index contributed by atoms with van der Waals surface area (Å²) in [5.41, 5.74) is 0.545. The Balaban J connectivity index is 1.89. The molecule has 2 aromatic rings. The normalized spacial score (nSPS) is 19.6. The van der Waals surface area contributed by atoms with Gasteiger partial charge in [0, 0.05) is 18.2 Å². The van der Waals surface area contributed by atoms with E-state index in [4.69, 9.17) is 0 Å². The molecule has 0 radical (unpaired) electrons. The zero-order chi connectivity index (χ0) is 18.9. The van der Waals surface area contributed by atoms with Gasteiger partial charge in [-0.25, -0.2) is 0 Å². The van der Waals surface area contributed by atoms with Crippen LogP contribution in [0, 0.1) is 0 Å². The van der Waals surface area contributed by atoms with Crippen molar-refractivity contribution in [1.29, 1.82) is 0 Å². The zero-order valence-electron chi connectivity index (χ0n) is 13.9. The number of nitrogens with one attached hydrogen (secondary N) is 3. The van der Waals surface area contributed by atoms with Crippen LogP contribution in [-0.4, -0.2) is 23.3 Å². The van der Waals surface area contributed by atoms with Crippen LogP contribution in [0.2, 0.25) is 0 Å². The minimum Gasteiger partial charge on any atom is -0.380 e. The summed E-state index contributed by atoms with van der Waals surface area (Å²) in [6.45, 7) is 1.86. The van der Waals surface area contributed by atoms with Crippen molar-refractivity contribution < 1.29 is 23.1 Å². The molecule has 0 fully saturated rings. The van der Waals surface area contributed by atoms with Crippen LogP contribution in [-0.2, 0) is 6.18 Å². The summed E-state index contributed by atoms with van der Waals surface area (Å²) >= 11 is 0. The van der Waals surface area contributed by atoms with Gasteiger partial charge in [-0.15, -0.1) is 0 Å². The van der Waals surface area contributed by atoms with E-state index in [0.29, 0.717) is 17.8 Å². The van der Waals surface area contributed by atoms with Gasteiger partial charge in [-0.3, -0.25) is 4.79 Å². The quantitative estimate of drug-likeness (QED) is 0.651. The van der Waals surface area contributed by atoms with Crippen LogP contribution in [0.1, 0.15) is 29.3 Å². The van der Waals surface area contributed by atoms with E-state index in [-0.39, 0.29) is 17.3 Å². The highest BCUT2D eigenvalue weighted by Gasteiger charge is 2.30. The molecular weight excluding hydrogens is 347 g/mol. The molecule has 0 aliphatic carbocycles. The van der Waals surface area contributed by atoms with E-state index in [2.05, 4.69) is 16.0 Å². The Labute approximate surface area is 148 Å². The van der Waals surface area contributed by atoms with Crippen LogP contribution in [0.25, 0.3) is 0 Å². The standard InChI is InChI=1S/C18H18F3N3O2/c1-10-8-15(25)24-14-7-3-6-13(16(14)22-10)17(26)23-12-5-2-4-11(9-12)18(19,20)21/h2-7,9-10,15,22,24-25H,8H2,1H3,(H,23,26). The molecule has 8 heteroatoms. The third-order valence-corrected chi connectivity index (χ3v) is 4.05. The number of halogens is 3.